The molecule has 2 heterocycles. The Hall–Kier alpha value is -2.96. The van der Waals surface area contributed by atoms with E-state index in [1.54, 1.807) is 27.4 Å². The van der Waals surface area contributed by atoms with Crippen LogP contribution < -0.4 is 14.2 Å². The Kier molecular flexibility index (Phi) is 5.22. The fraction of sp³-hybridized carbons (Fsp3) is 0.143. The molecule has 0 amide bonds. The number of fused-ring (bicyclic) bond motifs is 1. The predicted octanol–water partition coefficient (Wildman–Crippen LogP) is 5.40. The van der Waals surface area contributed by atoms with E-state index in [1.807, 2.05) is 47.0 Å². The van der Waals surface area contributed by atoms with Gasteiger partial charge in [0.1, 0.15) is 0 Å². The molecule has 8 heteroatoms. The molecule has 2 aromatic carbocycles. The standard InChI is InChI=1S/C21H17Cl2N3O3/c1-27-17-9-14(10-18(28-2)20(17)29-3)21-25-24-19-7-5-13(11-26(19)21)12-4-6-15(22)16(23)8-12/h4-11H,1-3H3. The molecule has 148 valence electrons. The van der Waals surface area contributed by atoms with Crippen LogP contribution in [-0.2, 0) is 0 Å². The van der Waals surface area contributed by atoms with Crippen LogP contribution in [0.4, 0.5) is 0 Å². The van der Waals surface area contributed by atoms with E-state index in [1.165, 1.54) is 0 Å². The van der Waals surface area contributed by atoms with Crippen LogP contribution in [0.15, 0.2) is 48.7 Å². The van der Waals surface area contributed by atoms with Gasteiger partial charge in [0.15, 0.2) is 23.0 Å². The van der Waals surface area contributed by atoms with Crippen LogP contribution in [0.1, 0.15) is 0 Å². The number of nitrogens with zero attached hydrogens (tertiary/aromatic N) is 3. The molecule has 0 fully saturated rings. The number of pyridine rings is 1. The van der Waals surface area contributed by atoms with Crippen LogP contribution >= 0.6 is 23.2 Å². The second-order valence-electron chi connectivity index (χ2n) is 6.21. The summed E-state index contributed by atoms with van der Waals surface area (Å²) in [6.07, 6.45) is 1.95. The number of ether oxygens (including phenoxy) is 3. The second kappa shape index (κ2) is 7.81. The minimum atomic E-state index is 0.498. The summed E-state index contributed by atoms with van der Waals surface area (Å²) in [6.45, 7) is 0. The predicted molar refractivity (Wildman–Crippen MR) is 114 cm³/mol. The first-order valence-corrected chi connectivity index (χ1v) is 9.42. The van der Waals surface area contributed by atoms with Crippen LogP contribution in [0.5, 0.6) is 17.2 Å². The van der Waals surface area contributed by atoms with Crippen LogP contribution in [0.3, 0.4) is 0 Å². The van der Waals surface area contributed by atoms with Crippen molar-refractivity contribution < 1.29 is 14.2 Å². The maximum atomic E-state index is 6.18. The van der Waals surface area contributed by atoms with Gasteiger partial charge in [-0.3, -0.25) is 4.40 Å². The molecule has 0 saturated heterocycles. The van der Waals surface area contributed by atoms with E-state index in [0.29, 0.717) is 38.8 Å². The van der Waals surface area contributed by atoms with Crippen molar-refractivity contribution in [3.63, 3.8) is 0 Å². The van der Waals surface area contributed by atoms with Crippen molar-refractivity contribution in [2.75, 3.05) is 21.3 Å². The van der Waals surface area contributed by atoms with Gasteiger partial charge in [-0.25, -0.2) is 0 Å². The number of hydrogen-bond acceptors (Lipinski definition) is 5. The molecule has 4 aromatic rings. The average Bonchev–Trinajstić information content (AvgIpc) is 3.17. The third kappa shape index (κ3) is 3.45. The Morgan fingerprint density at radius 2 is 1.41 bits per heavy atom. The highest BCUT2D eigenvalue weighted by molar-refractivity contribution is 6.42. The first kappa shape index (κ1) is 19.4. The van der Waals surface area contributed by atoms with Crippen LogP contribution in [0.25, 0.3) is 28.2 Å². The maximum absolute atomic E-state index is 6.18. The molecule has 0 spiro atoms. The monoisotopic (exact) mass is 429 g/mol. The third-order valence-corrected chi connectivity index (χ3v) is 5.32. The van der Waals surface area contributed by atoms with E-state index < -0.39 is 0 Å². The van der Waals surface area contributed by atoms with Gasteiger partial charge in [0.25, 0.3) is 0 Å². The zero-order valence-electron chi connectivity index (χ0n) is 15.9. The van der Waals surface area contributed by atoms with Crippen molar-refractivity contribution in [2.45, 2.75) is 0 Å². The van der Waals surface area contributed by atoms with Crippen molar-refractivity contribution in [2.24, 2.45) is 0 Å². The Bertz CT molecular complexity index is 1180. The molecule has 0 aliphatic carbocycles. The molecule has 6 nitrogen and oxygen atoms in total. The summed E-state index contributed by atoms with van der Waals surface area (Å²) in [6, 6.07) is 13.0. The van der Waals surface area contributed by atoms with Gasteiger partial charge in [-0.1, -0.05) is 29.3 Å². The summed E-state index contributed by atoms with van der Waals surface area (Å²) in [7, 11) is 4.72. The number of rotatable bonds is 5. The Morgan fingerprint density at radius 3 is 2.03 bits per heavy atom. The van der Waals surface area contributed by atoms with Crippen molar-refractivity contribution >= 4 is 28.8 Å². The summed E-state index contributed by atoms with van der Waals surface area (Å²) in [4.78, 5) is 0. The molecule has 0 aliphatic heterocycles. The lowest BCUT2D eigenvalue weighted by atomic mass is 10.1. The van der Waals surface area contributed by atoms with E-state index in [4.69, 9.17) is 37.4 Å². The quantitative estimate of drug-likeness (QED) is 0.425. The first-order valence-electron chi connectivity index (χ1n) is 8.66. The second-order valence-corrected chi connectivity index (χ2v) is 7.03. The van der Waals surface area contributed by atoms with Gasteiger partial charge in [-0.15, -0.1) is 10.2 Å². The molecule has 0 saturated carbocycles. The lowest BCUT2D eigenvalue weighted by molar-refractivity contribution is 0.324. The van der Waals surface area contributed by atoms with Crippen molar-refractivity contribution in [3.8, 4) is 39.8 Å². The fourth-order valence-corrected chi connectivity index (χ4v) is 3.44. The normalized spacial score (nSPS) is 10.9. The van der Waals surface area contributed by atoms with Crippen molar-refractivity contribution in [1.82, 2.24) is 14.6 Å². The highest BCUT2D eigenvalue weighted by Gasteiger charge is 2.17. The molecular formula is C21H17Cl2N3O3. The molecule has 0 unspecified atom stereocenters. The summed E-state index contributed by atoms with van der Waals surface area (Å²) >= 11 is 12.2. The zero-order valence-corrected chi connectivity index (χ0v) is 17.5. The Morgan fingerprint density at radius 1 is 0.724 bits per heavy atom. The molecule has 4 rings (SSSR count). The van der Waals surface area contributed by atoms with Gasteiger partial charge in [0.05, 0.1) is 31.4 Å². The van der Waals surface area contributed by atoms with Gasteiger partial charge < -0.3 is 14.2 Å². The fourth-order valence-electron chi connectivity index (χ4n) is 3.14. The molecule has 0 aliphatic rings. The van der Waals surface area contributed by atoms with Gasteiger partial charge in [-0.2, -0.15) is 0 Å². The number of halogens is 2. The minimum absolute atomic E-state index is 0.498. The van der Waals surface area contributed by atoms with E-state index in [9.17, 15) is 0 Å². The lowest BCUT2D eigenvalue weighted by Gasteiger charge is -2.13. The third-order valence-electron chi connectivity index (χ3n) is 4.58. The topological polar surface area (TPSA) is 57.9 Å². The molecule has 0 N–H and O–H groups in total. The summed E-state index contributed by atoms with van der Waals surface area (Å²) < 4.78 is 18.2. The average molecular weight is 430 g/mol. The van der Waals surface area contributed by atoms with Gasteiger partial charge in [-0.05, 0) is 47.5 Å². The van der Waals surface area contributed by atoms with E-state index in [-0.39, 0.29) is 0 Å². The number of methoxy groups -OCH3 is 3. The summed E-state index contributed by atoms with van der Waals surface area (Å²) in [5, 5.41) is 9.63. The van der Waals surface area contributed by atoms with E-state index in [0.717, 1.165) is 16.7 Å². The van der Waals surface area contributed by atoms with Gasteiger partial charge >= 0.3 is 0 Å². The zero-order chi connectivity index (χ0) is 20.5. The first-order chi connectivity index (χ1) is 14.0. The van der Waals surface area contributed by atoms with Crippen LogP contribution in [-0.4, -0.2) is 35.9 Å². The number of aromatic nitrogens is 3. The summed E-state index contributed by atoms with van der Waals surface area (Å²) in [5.41, 5.74) is 3.37. The Labute approximate surface area is 177 Å². The van der Waals surface area contributed by atoms with E-state index >= 15 is 0 Å². The number of hydrogen-bond donors (Lipinski definition) is 0. The van der Waals surface area contributed by atoms with Gasteiger partial charge in [0.2, 0.25) is 5.75 Å². The van der Waals surface area contributed by atoms with E-state index in [2.05, 4.69) is 10.2 Å². The molecule has 0 bridgehead atoms. The molecule has 29 heavy (non-hydrogen) atoms. The highest BCUT2D eigenvalue weighted by Crippen LogP contribution is 2.41. The van der Waals surface area contributed by atoms with Crippen molar-refractivity contribution in [1.29, 1.82) is 0 Å². The van der Waals surface area contributed by atoms with Crippen LogP contribution in [0, 0.1) is 0 Å². The van der Waals surface area contributed by atoms with Crippen LogP contribution in [0.2, 0.25) is 10.0 Å². The largest absolute Gasteiger partial charge is 0.493 e. The number of benzene rings is 2. The highest BCUT2D eigenvalue weighted by atomic mass is 35.5. The molecule has 0 atom stereocenters. The Balaban J connectivity index is 1.88. The summed E-state index contributed by atoms with van der Waals surface area (Å²) in [5.74, 6) is 2.24. The minimum Gasteiger partial charge on any atom is -0.493 e. The maximum Gasteiger partial charge on any atom is 0.203 e. The molecule has 0 radical (unpaired) electrons. The van der Waals surface area contributed by atoms with Gasteiger partial charge in [0, 0.05) is 11.8 Å². The lowest BCUT2D eigenvalue weighted by Crippen LogP contribution is -1.97. The molecular weight excluding hydrogens is 413 g/mol. The van der Waals surface area contributed by atoms with Crippen molar-refractivity contribution in [3.05, 3.63) is 58.7 Å². The SMILES string of the molecule is COc1cc(-c2nnc3ccc(-c4ccc(Cl)c(Cl)c4)cn23)cc(OC)c1OC. The smallest absolute Gasteiger partial charge is 0.203 e. The molecule has 2 aromatic heterocycles.